The number of benzene rings is 2. The van der Waals surface area contributed by atoms with E-state index in [0.717, 1.165) is 4.90 Å². The standard InChI is InChI=1S/C24H23ClN2O6/c1-13(2)32-23(30)15-7-5-9-17(11-15)26-20-19(25)21(28)27(22(20)29)18-10-6-8-16(12-18)24(31)33-14(3)4/h5-14,26H,1-4H3. The summed E-state index contributed by atoms with van der Waals surface area (Å²) < 4.78 is 10.3. The van der Waals surface area contributed by atoms with Gasteiger partial charge >= 0.3 is 11.9 Å². The molecule has 172 valence electrons. The number of amides is 2. The fourth-order valence-electron chi connectivity index (χ4n) is 3.05. The minimum atomic E-state index is -0.742. The van der Waals surface area contributed by atoms with Crippen molar-refractivity contribution in [1.82, 2.24) is 0 Å². The van der Waals surface area contributed by atoms with Gasteiger partial charge in [-0.1, -0.05) is 23.7 Å². The van der Waals surface area contributed by atoms with Crippen molar-refractivity contribution in [3.05, 3.63) is 70.4 Å². The number of hydrogen-bond acceptors (Lipinski definition) is 7. The number of hydrogen-bond donors (Lipinski definition) is 1. The number of carbonyl (C=O) groups is 4. The van der Waals surface area contributed by atoms with Crippen LogP contribution < -0.4 is 10.2 Å². The van der Waals surface area contributed by atoms with Gasteiger partial charge in [0.25, 0.3) is 11.8 Å². The van der Waals surface area contributed by atoms with Gasteiger partial charge in [-0.15, -0.1) is 0 Å². The van der Waals surface area contributed by atoms with Gasteiger partial charge in [0, 0.05) is 5.69 Å². The van der Waals surface area contributed by atoms with Gasteiger partial charge in [0.1, 0.15) is 10.7 Å². The monoisotopic (exact) mass is 470 g/mol. The predicted octanol–water partition coefficient (Wildman–Crippen LogP) is 4.25. The topological polar surface area (TPSA) is 102 Å². The molecule has 0 aliphatic carbocycles. The van der Waals surface area contributed by atoms with E-state index in [1.807, 2.05) is 0 Å². The van der Waals surface area contributed by atoms with E-state index in [-0.39, 0.29) is 39.8 Å². The molecule has 33 heavy (non-hydrogen) atoms. The number of nitrogens with one attached hydrogen (secondary N) is 1. The number of imide groups is 1. The van der Waals surface area contributed by atoms with E-state index in [1.165, 1.54) is 30.3 Å². The number of ether oxygens (including phenoxy) is 2. The van der Waals surface area contributed by atoms with Crippen LogP contribution >= 0.6 is 11.6 Å². The molecule has 0 bridgehead atoms. The third kappa shape index (κ3) is 5.40. The maximum atomic E-state index is 13.0. The number of carbonyl (C=O) groups excluding carboxylic acids is 4. The third-order valence-corrected chi connectivity index (χ3v) is 4.77. The van der Waals surface area contributed by atoms with Gasteiger partial charge in [0.15, 0.2) is 0 Å². The maximum Gasteiger partial charge on any atom is 0.338 e. The zero-order chi connectivity index (χ0) is 24.3. The first-order valence-electron chi connectivity index (χ1n) is 10.3. The summed E-state index contributed by atoms with van der Waals surface area (Å²) >= 11 is 6.18. The summed E-state index contributed by atoms with van der Waals surface area (Å²) in [6.07, 6.45) is -0.612. The molecule has 0 saturated heterocycles. The molecule has 3 rings (SSSR count). The molecule has 1 aliphatic heterocycles. The second kappa shape index (κ2) is 9.87. The van der Waals surface area contributed by atoms with E-state index in [0.29, 0.717) is 5.69 Å². The van der Waals surface area contributed by atoms with Crippen LogP contribution in [0.25, 0.3) is 0 Å². The van der Waals surface area contributed by atoms with Crippen LogP contribution in [-0.4, -0.2) is 36.0 Å². The number of anilines is 2. The lowest BCUT2D eigenvalue weighted by molar-refractivity contribution is -0.120. The maximum absolute atomic E-state index is 13.0. The van der Waals surface area contributed by atoms with Crippen molar-refractivity contribution < 1.29 is 28.7 Å². The first-order chi connectivity index (χ1) is 15.6. The van der Waals surface area contributed by atoms with E-state index in [9.17, 15) is 19.2 Å². The van der Waals surface area contributed by atoms with Crippen molar-refractivity contribution >= 4 is 46.7 Å². The highest BCUT2D eigenvalue weighted by Gasteiger charge is 2.39. The number of halogens is 1. The van der Waals surface area contributed by atoms with Crippen LogP contribution in [0.1, 0.15) is 48.4 Å². The molecule has 2 amide bonds. The van der Waals surface area contributed by atoms with Crippen LogP contribution in [0.5, 0.6) is 0 Å². The van der Waals surface area contributed by atoms with Crippen LogP contribution in [0.2, 0.25) is 0 Å². The summed E-state index contributed by atoms with van der Waals surface area (Å²) in [5, 5.41) is 2.50. The predicted molar refractivity (Wildman–Crippen MR) is 123 cm³/mol. The Morgan fingerprint density at radius 2 is 1.39 bits per heavy atom. The number of esters is 2. The molecular formula is C24H23ClN2O6. The van der Waals surface area contributed by atoms with Crippen LogP contribution in [-0.2, 0) is 19.1 Å². The lowest BCUT2D eigenvalue weighted by atomic mass is 10.2. The van der Waals surface area contributed by atoms with Gasteiger partial charge in [-0.25, -0.2) is 14.5 Å². The van der Waals surface area contributed by atoms with E-state index < -0.39 is 23.8 Å². The summed E-state index contributed by atoms with van der Waals surface area (Å²) in [5.41, 5.74) is 0.864. The van der Waals surface area contributed by atoms with E-state index >= 15 is 0 Å². The summed E-state index contributed by atoms with van der Waals surface area (Å²) in [6.45, 7) is 6.90. The molecular weight excluding hydrogens is 448 g/mol. The van der Waals surface area contributed by atoms with Crippen molar-refractivity contribution in [3.63, 3.8) is 0 Å². The van der Waals surface area contributed by atoms with Gasteiger partial charge in [-0.2, -0.15) is 0 Å². The average Bonchev–Trinajstić information content (AvgIpc) is 2.96. The fourth-order valence-corrected chi connectivity index (χ4v) is 3.26. The molecule has 0 atom stereocenters. The number of nitrogens with zero attached hydrogens (tertiary/aromatic N) is 1. The Morgan fingerprint density at radius 1 is 0.848 bits per heavy atom. The number of rotatable bonds is 7. The molecule has 1 aliphatic rings. The van der Waals surface area contributed by atoms with Crippen molar-refractivity contribution in [2.75, 3.05) is 10.2 Å². The molecule has 0 spiro atoms. The van der Waals surface area contributed by atoms with Gasteiger partial charge < -0.3 is 14.8 Å². The van der Waals surface area contributed by atoms with Crippen LogP contribution in [0.4, 0.5) is 11.4 Å². The fraction of sp³-hybridized carbons (Fsp3) is 0.250. The Bertz CT molecular complexity index is 1160. The zero-order valence-electron chi connectivity index (χ0n) is 18.5. The Kier molecular flexibility index (Phi) is 7.18. The van der Waals surface area contributed by atoms with Gasteiger partial charge in [-0.3, -0.25) is 9.59 Å². The minimum Gasteiger partial charge on any atom is -0.459 e. The van der Waals surface area contributed by atoms with Crippen LogP contribution in [0.3, 0.4) is 0 Å². The van der Waals surface area contributed by atoms with Crippen LogP contribution in [0, 0.1) is 0 Å². The molecule has 2 aromatic rings. The van der Waals surface area contributed by atoms with Gasteiger partial charge in [0.05, 0.1) is 29.0 Å². The molecule has 8 nitrogen and oxygen atoms in total. The second-order valence-corrected chi connectivity index (χ2v) is 8.18. The highest BCUT2D eigenvalue weighted by molar-refractivity contribution is 6.53. The average molecular weight is 471 g/mol. The SMILES string of the molecule is CC(C)OC(=O)c1cccc(NC2=C(Cl)C(=O)N(c3cccc(C(=O)OC(C)C)c3)C2=O)c1. The Hall–Kier alpha value is -3.65. The van der Waals surface area contributed by atoms with Gasteiger partial charge in [0.2, 0.25) is 0 Å². The Balaban J connectivity index is 1.84. The zero-order valence-corrected chi connectivity index (χ0v) is 19.3. The molecule has 0 saturated carbocycles. The second-order valence-electron chi connectivity index (χ2n) is 7.80. The molecule has 0 fully saturated rings. The van der Waals surface area contributed by atoms with Crippen molar-refractivity contribution in [1.29, 1.82) is 0 Å². The Labute approximate surface area is 196 Å². The highest BCUT2D eigenvalue weighted by atomic mass is 35.5. The quantitative estimate of drug-likeness (QED) is 0.476. The normalized spacial score (nSPS) is 13.7. The molecule has 1 heterocycles. The van der Waals surface area contributed by atoms with Crippen molar-refractivity contribution in [2.24, 2.45) is 0 Å². The summed E-state index contributed by atoms with van der Waals surface area (Å²) in [6, 6.07) is 12.2. The lowest BCUT2D eigenvalue weighted by Crippen LogP contribution is -2.32. The highest BCUT2D eigenvalue weighted by Crippen LogP contribution is 2.31. The summed E-state index contributed by atoms with van der Waals surface area (Å²) in [7, 11) is 0. The molecule has 0 unspecified atom stereocenters. The first-order valence-corrected chi connectivity index (χ1v) is 10.6. The molecule has 9 heteroatoms. The van der Waals surface area contributed by atoms with E-state index in [2.05, 4.69) is 5.32 Å². The summed E-state index contributed by atoms with van der Waals surface area (Å²) in [5.74, 6) is -2.54. The van der Waals surface area contributed by atoms with Crippen LogP contribution in [0.15, 0.2) is 59.3 Å². The Morgan fingerprint density at radius 3 is 1.97 bits per heavy atom. The smallest absolute Gasteiger partial charge is 0.338 e. The largest absolute Gasteiger partial charge is 0.459 e. The van der Waals surface area contributed by atoms with E-state index in [1.54, 1.807) is 45.9 Å². The molecule has 1 N–H and O–H groups in total. The summed E-state index contributed by atoms with van der Waals surface area (Å²) in [4.78, 5) is 51.0. The van der Waals surface area contributed by atoms with Crippen molar-refractivity contribution in [2.45, 2.75) is 39.9 Å². The van der Waals surface area contributed by atoms with Crippen molar-refractivity contribution in [3.8, 4) is 0 Å². The molecule has 0 radical (unpaired) electrons. The molecule has 0 aromatic heterocycles. The van der Waals surface area contributed by atoms with Gasteiger partial charge in [-0.05, 0) is 64.1 Å². The lowest BCUT2D eigenvalue weighted by Gasteiger charge is -2.16. The molecule has 2 aromatic carbocycles. The van der Waals surface area contributed by atoms with E-state index in [4.69, 9.17) is 21.1 Å². The third-order valence-electron chi connectivity index (χ3n) is 4.42. The first kappa shape index (κ1) is 24.0. The minimum absolute atomic E-state index is 0.147.